The van der Waals surface area contributed by atoms with E-state index in [1.165, 1.54) is 11.1 Å². The normalized spacial score (nSPS) is 17.8. The highest BCUT2D eigenvalue weighted by Crippen LogP contribution is 2.37. The topological polar surface area (TPSA) is 60.0 Å². The van der Waals surface area contributed by atoms with Crippen LogP contribution < -0.4 is 19.5 Å². The van der Waals surface area contributed by atoms with E-state index >= 15 is 0 Å². The first-order valence-corrected chi connectivity index (χ1v) is 9.28. The summed E-state index contributed by atoms with van der Waals surface area (Å²) in [6, 6.07) is 14.0. The minimum Gasteiger partial charge on any atom is -0.497 e. The molecule has 1 N–H and O–H groups in total. The van der Waals surface area contributed by atoms with E-state index in [0.717, 1.165) is 43.2 Å². The van der Waals surface area contributed by atoms with E-state index in [1.54, 1.807) is 7.11 Å². The van der Waals surface area contributed by atoms with E-state index in [2.05, 4.69) is 11.4 Å². The predicted octanol–water partition coefficient (Wildman–Crippen LogP) is 3.17. The molecule has 2 aromatic carbocycles. The van der Waals surface area contributed by atoms with Crippen LogP contribution in [0.1, 0.15) is 23.5 Å². The molecular weight excluding hydrogens is 344 g/mol. The van der Waals surface area contributed by atoms with E-state index in [1.807, 2.05) is 41.3 Å². The Kier molecular flexibility index (Phi) is 5.05. The lowest BCUT2D eigenvalue weighted by molar-refractivity contribution is 0.174. The van der Waals surface area contributed by atoms with Crippen molar-refractivity contribution >= 4 is 6.03 Å². The summed E-state index contributed by atoms with van der Waals surface area (Å²) in [6.07, 6.45) is 1.76. The maximum Gasteiger partial charge on any atom is 0.317 e. The van der Waals surface area contributed by atoms with Crippen molar-refractivity contribution in [2.75, 3.05) is 33.5 Å². The largest absolute Gasteiger partial charge is 0.497 e. The number of methoxy groups -OCH3 is 1. The van der Waals surface area contributed by atoms with Crippen LogP contribution in [0.25, 0.3) is 0 Å². The van der Waals surface area contributed by atoms with Crippen molar-refractivity contribution in [2.45, 2.75) is 18.8 Å². The van der Waals surface area contributed by atoms with Crippen LogP contribution in [-0.2, 0) is 6.42 Å². The monoisotopic (exact) mass is 368 g/mol. The van der Waals surface area contributed by atoms with Crippen LogP contribution in [0.15, 0.2) is 42.5 Å². The van der Waals surface area contributed by atoms with Gasteiger partial charge in [0.1, 0.15) is 5.75 Å². The fourth-order valence-corrected chi connectivity index (χ4v) is 3.60. The van der Waals surface area contributed by atoms with Crippen molar-refractivity contribution in [2.24, 2.45) is 0 Å². The zero-order valence-electron chi connectivity index (χ0n) is 15.4. The van der Waals surface area contributed by atoms with Crippen molar-refractivity contribution in [3.63, 3.8) is 0 Å². The molecule has 142 valence electrons. The molecule has 6 heteroatoms. The number of hydrogen-bond donors (Lipinski definition) is 1. The van der Waals surface area contributed by atoms with Crippen molar-refractivity contribution < 1.29 is 19.0 Å². The molecule has 0 saturated carbocycles. The highest BCUT2D eigenvalue weighted by Gasteiger charge is 2.28. The van der Waals surface area contributed by atoms with Crippen molar-refractivity contribution in [3.8, 4) is 17.2 Å². The number of rotatable bonds is 5. The van der Waals surface area contributed by atoms with Crippen LogP contribution in [0.5, 0.6) is 17.2 Å². The number of ether oxygens (including phenoxy) is 3. The highest BCUT2D eigenvalue weighted by atomic mass is 16.7. The summed E-state index contributed by atoms with van der Waals surface area (Å²) in [5.74, 6) is 2.78. The average Bonchev–Trinajstić information content (AvgIpc) is 3.37. The quantitative estimate of drug-likeness (QED) is 0.881. The molecule has 0 bridgehead atoms. The van der Waals surface area contributed by atoms with Gasteiger partial charge in [0, 0.05) is 25.6 Å². The summed E-state index contributed by atoms with van der Waals surface area (Å²) in [4.78, 5) is 14.3. The van der Waals surface area contributed by atoms with Crippen LogP contribution in [0, 0.1) is 0 Å². The Morgan fingerprint density at radius 2 is 2.00 bits per heavy atom. The standard InChI is InChI=1S/C21H24N2O4/c1-25-18-5-2-15(3-6-18)8-10-22-21(24)23-11-9-17(13-23)16-4-7-19-20(12-16)27-14-26-19/h2-7,12,17H,8-11,13-14H2,1H3,(H,22,24). The molecule has 1 atom stereocenters. The number of benzene rings is 2. The SMILES string of the molecule is COc1ccc(CCNC(=O)N2CCC(c3ccc4c(c3)OCO4)C2)cc1. The first kappa shape index (κ1) is 17.5. The number of hydrogen-bond acceptors (Lipinski definition) is 4. The Hall–Kier alpha value is -2.89. The second-order valence-electron chi connectivity index (χ2n) is 6.87. The maximum atomic E-state index is 12.5. The molecule has 1 unspecified atom stereocenters. The molecule has 0 radical (unpaired) electrons. The van der Waals surface area contributed by atoms with Gasteiger partial charge in [-0.15, -0.1) is 0 Å². The molecule has 2 aliphatic rings. The van der Waals surface area contributed by atoms with Gasteiger partial charge in [0.05, 0.1) is 7.11 Å². The van der Waals surface area contributed by atoms with E-state index in [4.69, 9.17) is 14.2 Å². The third kappa shape index (κ3) is 3.94. The molecule has 2 aromatic rings. The van der Waals surface area contributed by atoms with Gasteiger partial charge in [0.25, 0.3) is 0 Å². The molecule has 6 nitrogen and oxygen atoms in total. The summed E-state index contributed by atoms with van der Waals surface area (Å²) < 4.78 is 16.0. The number of nitrogens with zero attached hydrogens (tertiary/aromatic N) is 1. The molecule has 0 aromatic heterocycles. The van der Waals surface area contributed by atoms with Gasteiger partial charge < -0.3 is 24.4 Å². The van der Waals surface area contributed by atoms with Gasteiger partial charge in [-0.25, -0.2) is 4.79 Å². The lowest BCUT2D eigenvalue weighted by Crippen LogP contribution is -2.39. The lowest BCUT2D eigenvalue weighted by Gasteiger charge is -2.18. The van der Waals surface area contributed by atoms with Gasteiger partial charge in [-0.05, 0) is 48.2 Å². The molecule has 27 heavy (non-hydrogen) atoms. The Bertz CT molecular complexity index is 806. The lowest BCUT2D eigenvalue weighted by atomic mass is 9.98. The summed E-state index contributed by atoms with van der Waals surface area (Å²) in [5, 5.41) is 3.03. The number of nitrogens with one attached hydrogen (secondary N) is 1. The molecule has 0 spiro atoms. The number of carbonyl (C=O) groups excluding carboxylic acids is 1. The highest BCUT2D eigenvalue weighted by molar-refractivity contribution is 5.74. The molecule has 4 rings (SSSR count). The molecular formula is C21H24N2O4. The third-order valence-corrected chi connectivity index (χ3v) is 5.19. The van der Waals surface area contributed by atoms with Gasteiger partial charge >= 0.3 is 6.03 Å². The van der Waals surface area contributed by atoms with Crippen molar-refractivity contribution in [1.82, 2.24) is 10.2 Å². The summed E-state index contributed by atoms with van der Waals surface area (Å²) in [7, 11) is 1.65. The second-order valence-corrected chi connectivity index (χ2v) is 6.87. The summed E-state index contributed by atoms with van der Waals surface area (Å²) >= 11 is 0. The number of likely N-dealkylation sites (tertiary alicyclic amines) is 1. The fourth-order valence-electron chi connectivity index (χ4n) is 3.60. The third-order valence-electron chi connectivity index (χ3n) is 5.19. The van der Waals surface area contributed by atoms with Crippen LogP contribution in [0.2, 0.25) is 0 Å². The average molecular weight is 368 g/mol. The van der Waals surface area contributed by atoms with Crippen LogP contribution in [-0.4, -0.2) is 44.5 Å². The molecule has 1 saturated heterocycles. The number of carbonyl (C=O) groups is 1. The van der Waals surface area contributed by atoms with E-state index in [0.29, 0.717) is 12.5 Å². The Labute approximate surface area is 159 Å². The van der Waals surface area contributed by atoms with Crippen LogP contribution >= 0.6 is 0 Å². The van der Waals surface area contributed by atoms with Gasteiger partial charge in [-0.1, -0.05) is 18.2 Å². The predicted molar refractivity (Wildman–Crippen MR) is 102 cm³/mol. The molecule has 2 amide bonds. The number of amides is 2. The van der Waals surface area contributed by atoms with Crippen LogP contribution in [0.3, 0.4) is 0 Å². The van der Waals surface area contributed by atoms with Crippen molar-refractivity contribution in [3.05, 3.63) is 53.6 Å². The van der Waals surface area contributed by atoms with E-state index < -0.39 is 0 Å². The minimum atomic E-state index is 0.00625. The maximum absolute atomic E-state index is 12.5. The smallest absolute Gasteiger partial charge is 0.317 e. The van der Waals surface area contributed by atoms with Gasteiger partial charge in [0.15, 0.2) is 11.5 Å². The zero-order chi connectivity index (χ0) is 18.6. The summed E-state index contributed by atoms with van der Waals surface area (Å²) in [5.41, 5.74) is 2.38. The first-order valence-electron chi connectivity index (χ1n) is 9.28. The summed E-state index contributed by atoms with van der Waals surface area (Å²) in [6.45, 7) is 2.41. The van der Waals surface area contributed by atoms with Gasteiger partial charge in [0.2, 0.25) is 6.79 Å². The Balaban J connectivity index is 1.26. The van der Waals surface area contributed by atoms with E-state index in [-0.39, 0.29) is 12.8 Å². The molecule has 0 aliphatic carbocycles. The molecule has 1 fully saturated rings. The minimum absolute atomic E-state index is 0.00625. The first-order chi connectivity index (χ1) is 13.2. The number of urea groups is 1. The fraction of sp³-hybridized carbons (Fsp3) is 0.381. The van der Waals surface area contributed by atoms with Crippen LogP contribution in [0.4, 0.5) is 4.79 Å². The molecule has 2 aliphatic heterocycles. The van der Waals surface area contributed by atoms with Gasteiger partial charge in [-0.2, -0.15) is 0 Å². The molecule has 2 heterocycles. The van der Waals surface area contributed by atoms with E-state index in [9.17, 15) is 4.79 Å². The zero-order valence-corrected chi connectivity index (χ0v) is 15.4. The van der Waals surface area contributed by atoms with Gasteiger partial charge in [-0.3, -0.25) is 0 Å². The Morgan fingerprint density at radius 1 is 1.19 bits per heavy atom. The number of fused-ring (bicyclic) bond motifs is 1. The second kappa shape index (κ2) is 7.78. The Morgan fingerprint density at radius 3 is 2.81 bits per heavy atom. The van der Waals surface area contributed by atoms with Crippen molar-refractivity contribution in [1.29, 1.82) is 0 Å².